The second kappa shape index (κ2) is 16.1. The van der Waals surface area contributed by atoms with Gasteiger partial charge in [0.25, 0.3) is 0 Å². The Labute approximate surface area is 333 Å². The Hall–Kier alpha value is -4.76. The van der Waals surface area contributed by atoms with Crippen molar-refractivity contribution in [1.82, 2.24) is 0 Å². The average molecular weight is 790 g/mol. The van der Waals surface area contributed by atoms with Gasteiger partial charge in [-0.3, -0.25) is 0 Å². The smallest absolute Gasteiger partial charge is 0.213 e. The van der Waals surface area contributed by atoms with Crippen LogP contribution in [0.2, 0.25) is 0 Å². The summed E-state index contributed by atoms with van der Waals surface area (Å²) >= 11 is 0. The molecule has 0 radical (unpaired) electrons. The van der Waals surface area contributed by atoms with Crippen molar-refractivity contribution < 1.29 is 26.2 Å². The molecule has 0 N–H and O–H groups in total. The van der Waals surface area contributed by atoms with E-state index in [4.69, 9.17) is 0 Å². The van der Waals surface area contributed by atoms with Crippen LogP contribution in [0.3, 0.4) is 0 Å². The molecular weight excluding hydrogens is 754 g/mol. The Kier molecular flexibility index (Phi) is 10.7. The molecule has 0 atom stereocenters. The van der Waals surface area contributed by atoms with Crippen molar-refractivity contribution in [2.45, 2.75) is 0 Å². The van der Waals surface area contributed by atoms with Crippen molar-refractivity contribution in [2.75, 3.05) is 0 Å². The minimum absolute atomic E-state index is 0. The molecule has 0 amide bonds. The molecule has 0 saturated carbocycles. The number of hydrogen-bond donors (Lipinski definition) is 0. The first-order valence-electron chi connectivity index (χ1n) is 17.8. The quantitative estimate of drug-likeness (QED) is 0.116. The van der Waals surface area contributed by atoms with E-state index in [0.29, 0.717) is 0 Å². The predicted molar refractivity (Wildman–Crippen MR) is 232 cm³/mol. The summed E-state index contributed by atoms with van der Waals surface area (Å²) in [6.45, 7) is 0. The van der Waals surface area contributed by atoms with Crippen LogP contribution in [0, 0.1) is 0 Å². The van der Waals surface area contributed by atoms with Crippen LogP contribution in [0.25, 0.3) is 43.1 Å². The van der Waals surface area contributed by atoms with Crippen LogP contribution in [0.15, 0.2) is 218 Å². The molecule has 0 aliphatic carbocycles. The number of benzene rings is 8. The zero-order valence-electron chi connectivity index (χ0n) is 29.2. The molecule has 0 spiro atoms. The molecule has 0 unspecified atom stereocenters. The van der Waals surface area contributed by atoms with E-state index in [1.807, 2.05) is 0 Å². The molecule has 0 aromatic heterocycles. The van der Waals surface area contributed by atoms with Crippen LogP contribution >= 0.6 is 15.8 Å². The number of rotatable bonds is 6. The average Bonchev–Trinajstić information content (AvgIpc) is 3.95. The Morgan fingerprint density at radius 1 is 0.264 bits per heavy atom. The van der Waals surface area contributed by atoms with Gasteiger partial charge in [-0.05, 0) is 80.2 Å². The maximum absolute atomic E-state index is 2.31. The van der Waals surface area contributed by atoms with Gasteiger partial charge in [-0.15, -0.1) is 10.6 Å². The van der Waals surface area contributed by atoms with Gasteiger partial charge in [0.15, 0.2) is 0 Å². The Morgan fingerprint density at radius 3 is 0.792 bits per heavy atom. The Morgan fingerprint density at radius 2 is 0.528 bits per heavy atom. The molecule has 0 fully saturated rings. The number of hydrogen-bond acceptors (Lipinski definition) is 0. The van der Waals surface area contributed by atoms with Crippen molar-refractivity contribution in [2.24, 2.45) is 0 Å². The SMILES string of the molecule is [Zr+2].c1c[cH-]c(P(c2cccc3ccccc23)c2cccc3ccccc23)c1.c1c[cH-]c(P(c2cccc3ccccc23)c2cccc3ccccc23)c1. The van der Waals surface area contributed by atoms with Gasteiger partial charge in [-0.25, -0.2) is 24.3 Å². The van der Waals surface area contributed by atoms with Gasteiger partial charge >= 0.3 is 26.2 Å². The molecule has 250 valence electrons. The van der Waals surface area contributed by atoms with Crippen LogP contribution in [0.5, 0.6) is 0 Å². The van der Waals surface area contributed by atoms with Gasteiger partial charge in [0.05, 0.1) is 0 Å². The van der Waals surface area contributed by atoms with Gasteiger partial charge in [0, 0.05) is 0 Å². The van der Waals surface area contributed by atoms with E-state index in [0.717, 1.165) is 0 Å². The van der Waals surface area contributed by atoms with Gasteiger partial charge in [-0.1, -0.05) is 170 Å². The third kappa shape index (κ3) is 7.04. The van der Waals surface area contributed by atoms with Crippen LogP contribution in [0.1, 0.15) is 0 Å². The maximum Gasteiger partial charge on any atom is 2.00 e. The molecular formula is C50H36P2Zr. The Balaban J connectivity index is 0.000000148. The first-order valence-corrected chi connectivity index (χ1v) is 20.5. The van der Waals surface area contributed by atoms with E-state index in [2.05, 4.69) is 218 Å². The second-order valence-electron chi connectivity index (χ2n) is 13.0. The van der Waals surface area contributed by atoms with E-state index < -0.39 is 15.8 Å². The normalized spacial score (nSPS) is 11.2. The molecule has 0 aliphatic rings. The standard InChI is InChI=1S/2C25H18P.Zr/c2*1-5-15-22-19(9-1)11-7-17-24(22)26(21-13-3-4-14-21)25-18-8-12-20-10-2-6-16-23(20)25;/h2*1-18H;/q2*-1;+2. The first-order chi connectivity index (χ1) is 25.8. The van der Waals surface area contributed by atoms with Crippen LogP contribution in [0.4, 0.5) is 0 Å². The van der Waals surface area contributed by atoms with Gasteiger partial charge < -0.3 is 0 Å². The monoisotopic (exact) mass is 788 g/mol. The van der Waals surface area contributed by atoms with Gasteiger partial charge in [0.2, 0.25) is 0 Å². The van der Waals surface area contributed by atoms with Crippen molar-refractivity contribution in [1.29, 1.82) is 0 Å². The fraction of sp³-hybridized carbons (Fsp3) is 0. The summed E-state index contributed by atoms with van der Waals surface area (Å²) < 4.78 is 0. The first kappa shape index (κ1) is 35.3. The summed E-state index contributed by atoms with van der Waals surface area (Å²) in [6, 6.07) is 79.5. The van der Waals surface area contributed by atoms with E-state index in [-0.39, 0.29) is 26.2 Å². The predicted octanol–water partition coefficient (Wildman–Crippen LogP) is 10.9. The minimum atomic E-state index is -0.609. The zero-order chi connectivity index (χ0) is 34.7. The molecule has 10 aromatic carbocycles. The van der Waals surface area contributed by atoms with Crippen LogP contribution in [-0.4, -0.2) is 0 Å². The van der Waals surface area contributed by atoms with E-state index in [9.17, 15) is 0 Å². The summed E-state index contributed by atoms with van der Waals surface area (Å²) in [5, 5.41) is 19.2. The minimum Gasteiger partial charge on any atom is -0.213 e. The van der Waals surface area contributed by atoms with E-state index >= 15 is 0 Å². The largest absolute Gasteiger partial charge is 2.00 e. The molecule has 0 nitrogen and oxygen atoms in total. The van der Waals surface area contributed by atoms with E-state index in [1.54, 1.807) is 0 Å². The second-order valence-corrected chi connectivity index (χ2v) is 17.3. The fourth-order valence-electron chi connectivity index (χ4n) is 7.45. The molecule has 0 bridgehead atoms. The summed E-state index contributed by atoms with van der Waals surface area (Å²) in [5.74, 6) is 0. The summed E-state index contributed by atoms with van der Waals surface area (Å²) in [5.41, 5.74) is 0. The molecule has 10 rings (SSSR count). The van der Waals surface area contributed by atoms with Gasteiger partial charge in [-0.2, -0.15) is 24.3 Å². The Bertz CT molecular complexity index is 2390. The summed E-state index contributed by atoms with van der Waals surface area (Å²) in [7, 11) is -1.22. The molecule has 0 heterocycles. The van der Waals surface area contributed by atoms with Gasteiger partial charge in [0.1, 0.15) is 0 Å². The third-order valence-electron chi connectivity index (χ3n) is 9.84. The van der Waals surface area contributed by atoms with Crippen LogP contribution in [-0.2, 0) is 26.2 Å². The topological polar surface area (TPSA) is 0 Å². The molecule has 3 heteroatoms. The number of fused-ring (bicyclic) bond motifs is 4. The van der Waals surface area contributed by atoms with Crippen molar-refractivity contribution in [3.05, 3.63) is 218 Å². The molecule has 10 aromatic rings. The van der Waals surface area contributed by atoms with E-state index in [1.165, 1.54) is 74.9 Å². The summed E-state index contributed by atoms with van der Waals surface area (Å²) in [4.78, 5) is 0. The van der Waals surface area contributed by atoms with Crippen LogP contribution < -0.4 is 31.8 Å². The zero-order valence-corrected chi connectivity index (χ0v) is 33.4. The van der Waals surface area contributed by atoms with Crippen molar-refractivity contribution in [3.8, 4) is 0 Å². The summed E-state index contributed by atoms with van der Waals surface area (Å²) in [6.07, 6.45) is 0. The maximum atomic E-state index is 2.31. The molecule has 0 saturated heterocycles. The van der Waals surface area contributed by atoms with Crippen molar-refractivity contribution in [3.63, 3.8) is 0 Å². The third-order valence-corrected chi connectivity index (χ3v) is 15.0. The molecule has 0 aliphatic heterocycles. The molecule has 53 heavy (non-hydrogen) atoms. The fourth-order valence-corrected chi connectivity index (χ4v) is 12.7. The van der Waals surface area contributed by atoms with Crippen molar-refractivity contribution >= 4 is 90.8 Å².